The number of methoxy groups -OCH3 is 1. The molecule has 2 unspecified atom stereocenters. The first-order valence-electron chi connectivity index (χ1n) is 11.8. The van der Waals surface area contributed by atoms with E-state index < -0.39 is 6.09 Å². The molecule has 1 aromatic rings. The molecule has 1 heterocycles. The zero-order valence-electron chi connectivity index (χ0n) is 20.3. The molecule has 1 N–H and O–H groups in total. The average Bonchev–Trinajstić information content (AvgIpc) is 2.75. The minimum atomic E-state index is -0.875. The van der Waals surface area contributed by atoms with E-state index in [4.69, 9.17) is 4.74 Å². The van der Waals surface area contributed by atoms with Crippen molar-refractivity contribution in [1.82, 2.24) is 14.7 Å². The van der Waals surface area contributed by atoms with Crippen molar-refractivity contribution in [2.45, 2.75) is 65.5 Å². The summed E-state index contributed by atoms with van der Waals surface area (Å²) < 4.78 is 5.53. The Kier molecular flexibility index (Phi) is 7.70. The summed E-state index contributed by atoms with van der Waals surface area (Å²) in [5.41, 5.74) is 2.36. The third-order valence-corrected chi connectivity index (χ3v) is 6.93. The summed E-state index contributed by atoms with van der Waals surface area (Å²) in [6.07, 6.45) is 2.76. The van der Waals surface area contributed by atoms with Gasteiger partial charge in [-0.15, -0.1) is 0 Å². The van der Waals surface area contributed by atoms with Crippen molar-refractivity contribution in [3.63, 3.8) is 0 Å². The van der Waals surface area contributed by atoms with Gasteiger partial charge in [0.25, 0.3) is 0 Å². The predicted molar refractivity (Wildman–Crippen MR) is 125 cm³/mol. The van der Waals surface area contributed by atoms with E-state index in [0.29, 0.717) is 26.2 Å². The van der Waals surface area contributed by atoms with Gasteiger partial charge >= 0.3 is 6.09 Å². The smallest absolute Gasteiger partial charge is 0.407 e. The maximum Gasteiger partial charge on any atom is 0.407 e. The number of hydrogen-bond donors (Lipinski definition) is 1. The molecule has 1 aliphatic carbocycles. The number of amides is 2. The summed E-state index contributed by atoms with van der Waals surface area (Å²) in [7, 11) is 1.71. The monoisotopic (exact) mass is 445 g/mol. The Morgan fingerprint density at radius 1 is 1.25 bits per heavy atom. The molecule has 7 heteroatoms. The highest BCUT2D eigenvalue weighted by molar-refractivity contribution is 5.79. The van der Waals surface area contributed by atoms with Gasteiger partial charge in [0, 0.05) is 32.2 Å². The molecule has 1 aliphatic heterocycles. The standard InChI is InChI=1S/C25H39N3O4/c1-6-12-27(19-10-11-20-18(15-19)8-7-9-21(20)32-5)23(29)17-26-13-14-28(24(30)31)22(16-26)25(2,3)4/h7-9,19,22H,6,10-17H2,1-5H3,(H,30,31). The fourth-order valence-electron chi connectivity index (χ4n) is 5.20. The van der Waals surface area contributed by atoms with Crippen molar-refractivity contribution < 1.29 is 19.4 Å². The van der Waals surface area contributed by atoms with E-state index in [2.05, 4.69) is 43.6 Å². The minimum Gasteiger partial charge on any atom is -0.496 e. The largest absolute Gasteiger partial charge is 0.496 e. The van der Waals surface area contributed by atoms with Crippen LogP contribution in [-0.2, 0) is 17.6 Å². The van der Waals surface area contributed by atoms with Gasteiger partial charge in [0.1, 0.15) is 5.75 Å². The SMILES string of the molecule is CCCN(C(=O)CN1CCN(C(=O)O)C(C(C)(C)C)C1)C1CCc2c(cccc2OC)C1. The Labute approximate surface area is 192 Å². The van der Waals surface area contributed by atoms with Crippen molar-refractivity contribution in [1.29, 1.82) is 0 Å². The Morgan fingerprint density at radius 2 is 2.00 bits per heavy atom. The Morgan fingerprint density at radius 3 is 2.62 bits per heavy atom. The summed E-state index contributed by atoms with van der Waals surface area (Å²) in [6.45, 7) is 11.0. The number of piperazine rings is 1. The van der Waals surface area contributed by atoms with Crippen LogP contribution in [0.5, 0.6) is 5.75 Å². The van der Waals surface area contributed by atoms with Gasteiger partial charge in [-0.25, -0.2) is 4.79 Å². The Hall–Kier alpha value is -2.28. The van der Waals surface area contributed by atoms with Crippen LogP contribution in [0.25, 0.3) is 0 Å². The van der Waals surface area contributed by atoms with Gasteiger partial charge in [-0.2, -0.15) is 0 Å². The van der Waals surface area contributed by atoms with E-state index in [9.17, 15) is 14.7 Å². The van der Waals surface area contributed by atoms with Gasteiger partial charge in [0.05, 0.1) is 19.7 Å². The molecular weight excluding hydrogens is 406 g/mol. The van der Waals surface area contributed by atoms with Gasteiger partial charge < -0.3 is 19.6 Å². The fraction of sp³-hybridized carbons (Fsp3) is 0.680. The highest BCUT2D eigenvalue weighted by Crippen LogP contribution is 2.32. The van der Waals surface area contributed by atoms with Gasteiger partial charge in [-0.05, 0) is 48.3 Å². The molecule has 0 saturated carbocycles. The lowest BCUT2D eigenvalue weighted by Crippen LogP contribution is -2.61. The van der Waals surface area contributed by atoms with E-state index in [0.717, 1.165) is 38.0 Å². The van der Waals surface area contributed by atoms with Crippen molar-refractivity contribution >= 4 is 12.0 Å². The molecule has 0 radical (unpaired) electrons. The lowest BCUT2D eigenvalue weighted by molar-refractivity contribution is -0.136. The second-order valence-corrected chi connectivity index (χ2v) is 10.2. The lowest BCUT2D eigenvalue weighted by atomic mass is 9.84. The number of hydrogen-bond acceptors (Lipinski definition) is 4. The molecule has 2 amide bonds. The van der Waals surface area contributed by atoms with Crippen LogP contribution in [0, 0.1) is 5.41 Å². The number of ether oxygens (including phenoxy) is 1. The average molecular weight is 446 g/mol. The van der Waals surface area contributed by atoms with Crippen LogP contribution in [0.1, 0.15) is 51.7 Å². The summed E-state index contributed by atoms with van der Waals surface area (Å²) in [4.78, 5) is 30.9. The molecule has 1 saturated heterocycles. The van der Waals surface area contributed by atoms with Crippen LogP contribution in [0.15, 0.2) is 18.2 Å². The number of carbonyl (C=O) groups is 2. The van der Waals surface area contributed by atoms with E-state index >= 15 is 0 Å². The first-order chi connectivity index (χ1) is 15.2. The van der Waals surface area contributed by atoms with Crippen LogP contribution in [-0.4, -0.2) is 83.7 Å². The molecule has 178 valence electrons. The minimum absolute atomic E-state index is 0.129. The van der Waals surface area contributed by atoms with E-state index in [-0.39, 0.29) is 23.4 Å². The van der Waals surface area contributed by atoms with Gasteiger partial charge in [0.2, 0.25) is 5.91 Å². The molecule has 1 fully saturated rings. The van der Waals surface area contributed by atoms with E-state index in [1.807, 2.05) is 12.1 Å². The summed E-state index contributed by atoms with van der Waals surface area (Å²) in [6, 6.07) is 6.26. The summed E-state index contributed by atoms with van der Waals surface area (Å²) >= 11 is 0. The third-order valence-electron chi connectivity index (χ3n) is 6.93. The van der Waals surface area contributed by atoms with Gasteiger partial charge in [-0.3, -0.25) is 9.69 Å². The topological polar surface area (TPSA) is 73.3 Å². The molecule has 0 aromatic heterocycles. The second kappa shape index (κ2) is 10.1. The zero-order valence-corrected chi connectivity index (χ0v) is 20.3. The molecule has 0 spiro atoms. The van der Waals surface area contributed by atoms with Crippen LogP contribution >= 0.6 is 0 Å². The summed E-state index contributed by atoms with van der Waals surface area (Å²) in [5.74, 6) is 1.10. The normalized spacial score (nSPS) is 21.7. The maximum atomic E-state index is 13.4. The van der Waals surface area contributed by atoms with Gasteiger partial charge in [-0.1, -0.05) is 39.8 Å². The van der Waals surface area contributed by atoms with Gasteiger partial charge in [0.15, 0.2) is 0 Å². The number of fused-ring (bicyclic) bond motifs is 1. The number of carboxylic acid groups (broad SMARTS) is 1. The van der Waals surface area contributed by atoms with Crippen LogP contribution < -0.4 is 4.74 Å². The van der Waals surface area contributed by atoms with E-state index in [1.54, 1.807) is 7.11 Å². The van der Waals surface area contributed by atoms with Crippen molar-refractivity contribution in [3.05, 3.63) is 29.3 Å². The molecule has 3 rings (SSSR count). The summed E-state index contributed by atoms with van der Waals surface area (Å²) in [5, 5.41) is 9.61. The highest BCUT2D eigenvalue weighted by Gasteiger charge is 2.39. The number of rotatable bonds is 6. The second-order valence-electron chi connectivity index (χ2n) is 10.2. The molecule has 7 nitrogen and oxygen atoms in total. The van der Waals surface area contributed by atoms with Crippen LogP contribution in [0.4, 0.5) is 4.79 Å². The maximum absolute atomic E-state index is 13.4. The number of nitrogens with zero attached hydrogens (tertiary/aromatic N) is 3. The molecule has 1 aromatic carbocycles. The number of carbonyl (C=O) groups excluding carboxylic acids is 1. The van der Waals surface area contributed by atoms with Crippen molar-refractivity contribution in [2.75, 3.05) is 39.8 Å². The quantitative estimate of drug-likeness (QED) is 0.726. The zero-order chi connectivity index (χ0) is 23.5. The van der Waals surface area contributed by atoms with E-state index in [1.165, 1.54) is 16.0 Å². The molecule has 0 bridgehead atoms. The number of benzene rings is 1. The van der Waals surface area contributed by atoms with Crippen molar-refractivity contribution in [3.8, 4) is 5.75 Å². The third kappa shape index (κ3) is 5.37. The lowest BCUT2D eigenvalue weighted by Gasteiger charge is -2.46. The first-order valence-corrected chi connectivity index (χ1v) is 11.8. The molecular formula is C25H39N3O4. The highest BCUT2D eigenvalue weighted by atomic mass is 16.5. The van der Waals surface area contributed by atoms with Crippen LogP contribution in [0.3, 0.4) is 0 Å². The van der Waals surface area contributed by atoms with Crippen LogP contribution in [0.2, 0.25) is 0 Å². The predicted octanol–water partition coefficient (Wildman–Crippen LogP) is 3.50. The molecule has 2 atom stereocenters. The fourth-order valence-corrected chi connectivity index (χ4v) is 5.20. The van der Waals surface area contributed by atoms with Crippen molar-refractivity contribution in [2.24, 2.45) is 5.41 Å². The molecule has 32 heavy (non-hydrogen) atoms. The Balaban J connectivity index is 1.70. The first kappa shape index (κ1) is 24.4. The molecule has 2 aliphatic rings. The Bertz CT molecular complexity index is 820.